The summed E-state index contributed by atoms with van der Waals surface area (Å²) in [7, 11) is 0. The van der Waals surface area contributed by atoms with Crippen LogP contribution in [0.5, 0.6) is 0 Å². The molecule has 3 heterocycles. The number of hydrogen-bond donors (Lipinski definition) is 2. The van der Waals surface area contributed by atoms with Crippen LogP contribution in [-0.4, -0.2) is 44.6 Å². The second-order valence-corrected chi connectivity index (χ2v) is 12.0. The van der Waals surface area contributed by atoms with E-state index in [1.807, 2.05) is 6.92 Å². The SMILES string of the molecule is C[C@@H](Nc1ncnc2[nH]c(=O)c(C3(C#N)CC3)cc12)c1cccc(C(F)(F)C2CCN(C(=O)OC(C)(C)C)CC2)c1. The van der Waals surface area contributed by atoms with Crippen molar-refractivity contribution in [3.05, 3.63) is 63.7 Å². The van der Waals surface area contributed by atoms with Crippen molar-refractivity contribution in [2.45, 2.75) is 76.4 Å². The number of ether oxygens (including phenoxy) is 1. The van der Waals surface area contributed by atoms with Crippen molar-refractivity contribution < 1.29 is 18.3 Å². The van der Waals surface area contributed by atoms with E-state index < -0.39 is 35.0 Å². The highest BCUT2D eigenvalue weighted by atomic mass is 19.3. The number of likely N-dealkylation sites (tertiary alicyclic amines) is 1. The van der Waals surface area contributed by atoms with Gasteiger partial charge in [0.1, 0.15) is 23.4 Å². The van der Waals surface area contributed by atoms with Crippen molar-refractivity contribution in [1.82, 2.24) is 19.9 Å². The molecule has 0 unspecified atom stereocenters. The maximum absolute atomic E-state index is 15.7. The lowest BCUT2D eigenvalue weighted by Crippen LogP contribution is -2.44. The number of pyridine rings is 1. The lowest BCUT2D eigenvalue weighted by molar-refractivity contribution is -0.0861. The average Bonchev–Trinajstić information content (AvgIpc) is 3.73. The summed E-state index contributed by atoms with van der Waals surface area (Å²) in [5, 5.41) is 13.4. The van der Waals surface area contributed by atoms with E-state index in [2.05, 4.69) is 26.3 Å². The summed E-state index contributed by atoms with van der Waals surface area (Å²) in [4.78, 5) is 37.7. The van der Waals surface area contributed by atoms with Crippen LogP contribution in [0.2, 0.25) is 0 Å². The Bertz CT molecular complexity index is 1560. The van der Waals surface area contributed by atoms with Crippen LogP contribution in [0, 0.1) is 17.2 Å². The van der Waals surface area contributed by atoms with Crippen molar-refractivity contribution in [2.24, 2.45) is 5.92 Å². The third-order valence-electron chi connectivity index (χ3n) is 7.91. The number of amides is 1. The number of anilines is 1. The van der Waals surface area contributed by atoms with Gasteiger partial charge >= 0.3 is 6.09 Å². The molecule has 41 heavy (non-hydrogen) atoms. The number of alkyl halides is 2. The molecule has 0 spiro atoms. The summed E-state index contributed by atoms with van der Waals surface area (Å²) in [6, 6.07) is 9.83. The van der Waals surface area contributed by atoms with E-state index in [0.717, 1.165) is 0 Å². The zero-order valence-corrected chi connectivity index (χ0v) is 23.6. The molecule has 3 aromatic rings. The van der Waals surface area contributed by atoms with Crippen LogP contribution in [0.1, 0.15) is 76.1 Å². The average molecular weight is 565 g/mol. The Balaban J connectivity index is 1.33. The second kappa shape index (κ2) is 10.4. The first-order valence-electron chi connectivity index (χ1n) is 13.9. The Morgan fingerprint density at radius 3 is 2.56 bits per heavy atom. The van der Waals surface area contributed by atoms with E-state index in [1.54, 1.807) is 39.0 Å². The van der Waals surface area contributed by atoms with Gasteiger partial charge in [0.05, 0.1) is 16.9 Å². The van der Waals surface area contributed by atoms with Gasteiger partial charge in [0, 0.05) is 36.2 Å². The van der Waals surface area contributed by atoms with Crippen LogP contribution in [-0.2, 0) is 16.1 Å². The van der Waals surface area contributed by atoms with Gasteiger partial charge in [0.25, 0.3) is 11.5 Å². The van der Waals surface area contributed by atoms with E-state index >= 15 is 8.78 Å². The number of nitrogens with one attached hydrogen (secondary N) is 2. The first kappa shape index (κ1) is 28.5. The summed E-state index contributed by atoms with van der Waals surface area (Å²) in [5.41, 5.74) is -0.502. The number of hydrogen-bond acceptors (Lipinski definition) is 7. The highest BCUT2D eigenvalue weighted by Gasteiger charge is 2.47. The lowest BCUT2D eigenvalue weighted by atomic mass is 9.85. The molecule has 1 aliphatic heterocycles. The maximum Gasteiger partial charge on any atom is 0.410 e. The van der Waals surface area contributed by atoms with Gasteiger partial charge in [-0.25, -0.2) is 23.5 Å². The first-order valence-corrected chi connectivity index (χ1v) is 13.9. The minimum Gasteiger partial charge on any atom is -0.444 e. The number of rotatable bonds is 6. The van der Waals surface area contributed by atoms with Crippen molar-refractivity contribution in [1.29, 1.82) is 5.26 Å². The van der Waals surface area contributed by atoms with Gasteiger partial charge in [-0.2, -0.15) is 5.26 Å². The van der Waals surface area contributed by atoms with E-state index in [9.17, 15) is 14.9 Å². The van der Waals surface area contributed by atoms with Crippen molar-refractivity contribution in [3.63, 3.8) is 0 Å². The smallest absolute Gasteiger partial charge is 0.410 e. The van der Waals surface area contributed by atoms with E-state index in [4.69, 9.17) is 4.74 Å². The molecule has 0 radical (unpaired) electrons. The van der Waals surface area contributed by atoms with Gasteiger partial charge in [-0.3, -0.25) is 4.79 Å². The molecule has 5 rings (SSSR count). The molecule has 216 valence electrons. The van der Waals surface area contributed by atoms with E-state index in [1.165, 1.54) is 23.4 Å². The predicted octanol–water partition coefficient (Wildman–Crippen LogP) is 5.79. The largest absolute Gasteiger partial charge is 0.444 e. The van der Waals surface area contributed by atoms with Crippen LogP contribution in [0.25, 0.3) is 11.0 Å². The number of aromatic nitrogens is 3. The molecule has 0 bridgehead atoms. The van der Waals surface area contributed by atoms with Gasteiger partial charge in [0.15, 0.2) is 0 Å². The second-order valence-electron chi connectivity index (χ2n) is 12.0. The molecule has 2 aromatic heterocycles. The Hall–Kier alpha value is -4.07. The number of aromatic amines is 1. The van der Waals surface area contributed by atoms with E-state index in [-0.39, 0.29) is 37.1 Å². The van der Waals surface area contributed by atoms with Crippen molar-refractivity contribution in [3.8, 4) is 6.07 Å². The predicted molar refractivity (Wildman–Crippen MR) is 150 cm³/mol. The number of carbonyl (C=O) groups is 1. The molecule has 1 saturated heterocycles. The third kappa shape index (κ3) is 5.73. The summed E-state index contributed by atoms with van der Waals surface area (Å²) >= 11 is 0. The molecule has 1 atom stereocenters. The summed E-state index contributed by atoms with van der Waals surface area (Å²) in [5.74, 6) is -3.56. The molecular weight excluding hydrogens is 530 g/mol. The summed E-state index contributed by atoms with van der Waals surface area (Å²) < 4.78 is 36.8. The number of H-pyrrole nitrogens is 1. The minimum atomic E-state index is -3.08. The van der Waals surface area contributed by atoms with Crippen LogP contribution in [0.3, 0.4) is 0 Å². The Kier molecular flexibility index (Phi) is 7.22. The van der Waals surface area contributed by atoms with Gasteiger partial charge in [-0.1, -0.05) is 18.2 Å². The van der Waals surface area contributed by atoms with Gasteiger partial charge in [-0.05, 0) is 71.1 Å². The maximum atomic E-state index is 15.7. The molecule has 1 aliphatic carbocycles. The van der Waals surface area contributed by atoms with Crippen LogP contribution >= 0.6 is 0 Å². The van der Waals surface area contributed by atoms with Crippen LogP contribution in [0.15, 0.2) is 41.5 Å². The third-order valence-corrected chi connectivity index (χ3v) is 7.91. The van der Waals surface area contributed by atoms with Gasteiger partial charge < -0.3 is 19.9 Å². The minimum absolute atomic E-state index is 0.0803. The van der Waals surface area contributed by atoms with E-state index in [0.29, 0.717) is 40.8 Å². The lowest BCUT2D eigenvalue weighted by Gasteiger charge is -2.36. The Labute approximate surface area is 236 Å². The number of piperidine rings is 1. The number of fused-ring (bicyclic) bond motifs is 1. The van der Waals surface area contributed by atoms with Crippen molar-refractivity contribution >= 4 is 22.9 Å². The number of halogens is 2. The standard InChI is InChI=1S/C30H34F2N6O3/c1-18(36-24-22-15-23(29(16-33)10-11-29)26(39)37-25(22)35-17-34-24)19-6-5-7-21(14-19)30(31,32)20-8-12-38(13-9-20)27(40)41-28(2,3)4/h5-7,14-15,17-18,20H,8-13H2,1-4H3,(H2,34,35,36,37,39)/t18-/m1/s1. The number of carbonyl (C=O) groups excluding carboxylic acids is 1. The zero-order valence-electron chi connectivity index (χ0n) is 23.6. The first-order chi connectivity index (χ1) is 19.3. The molecule has 2 aliphatic rings. The van der Waals surface area contributed by atoms with Crippen LogP contribution in [0.4, 0.5) is 19.4 Å². The normalized spacial score (nSPS) is 18.0. The molecule has 1 aromatic carbocycles. The topological polar surface area (TPSA) is 124 Å². The highest BCUT2D eigenvalue weighted by molar-refractivity contribution is 5.87. The van der Waals surface area contributed by atoms with Gasteiger partial charge in [-0.15, -0.1) is 0 Å². The molecule has 9 nitrogen and oxygen atoms in total. The summed E-state index contributed by atoms with van der Waals surface area (Å²) in [6.45, 7) is 7.60. The van der Waals surface area contributed by atoms with Gasteiger partial charge in [0.2, 0.25) is 0 Å². The molecule has 2 fully saturated rings. The Morgan fingerprint density at radius 2 is 1.93 bits per heavy atom. The Morgan fingerprint density at radius 1 is 1.22 bits per heavy atom. The van der Waals surface area contributed by atoms with Crippen LogP contribution < -0.4 is 10.9 Å². The fourth-order valence-corrected chi connectivity index (χ4v) is 5.34. The number of nitriles is 1. The number of nitrogens with zero attached hydrogens (tertiary/aromatic N) is 4. The monoisotopic (exact) mass is 564 g/mol. The van der Waals surface area contributed by atoms with Crippen molar-refractivity contribution in [2.75, 3.05) is 18.4 Å². The molecule has 11 heteroatoms. The molecular formula is C30H34F2N6O3. The summed E-state index contributed by atoms with van der Waals surface area (Å²) in [6.07, 6.45) is 2.41. The zero-order chi connectivity index (χ0) is 29.6. The molecule has 1 amide bonds. The fourth-order valence-electron chi connectivity index (χ4n) is 5.34. The highest BCUT2D eigenvalue weighted by Crippen LogP contribution is 2.47. The molecule has 1 saturated carbocycles. The quantitative estimate of drug-likeness (QED) is 0.389. The molecule has 2 N–H and O–H groups in total. The number of benzene rings is 1. The fraction of sp³-hybridized carbons (Fsp3) is 0.500.